The van der Waals surface area contributed by atoms with Gasteiger partial charge in [0, 0.05) is 19.8 Å². The van der Waals surface area contributed by atoms with Crippen LogP contribution in [0.4, 0.5) is 5.82 Å². The zero-order valence-corrected chi connectivity index (χ0v) is 11.1. The first-order valence-corrected chi connectivity index (χ1v) is 6.14. The summed E-state index contributed by atoms with van der Waals surface area (Å²) in [5.74, 6) is 2.52. The smallest absolute Gasteiger partial charge is 0.224 e. The summed E-state index contributed by atoms with van der Waals surface area (Å²) in [5.41, 5.74) is 0. The fraction of sp³-hybridized carbons (Fsp3) is 0.600. The van der Waals surface area contributed by atoms with E-state index in [1.54, 1.807) is 6.20 Å². The first-order chi connectivity index (χ1) is 7.08. The summed E-state index contributed by atoms with van der Waals surface area (Å²) in [5, 5.41) is 0.295. The van der Waals surface area contributed by atoms with Crippen molar-refractivity contribution in [2.24, 2.45) is 11.8 Å². The molecular weight excluding hydrogens is 277 g/mol. The summed E-state index contributed by atoms with van der Waals surface area (Å²) < 4.78 is 0.891. The molecule has 0 bridgehead atoms. The van der Waals surface area contributed by atoms with Gasteiger partial charge in [-0.3, -0.25) is 0 Å². The minimum atomic E-state index is 0.295. The van der Waals surface area contributed by atoms with Crippen molar-refractivity contribution in [3.05, 3.63) is 16.0 Å². The molecule has 2 atom stereocenters. The first-order valence-electron chi connectivity index (χ1n) is 4.97. The zero-order valence-electron chi connectivity index (χ0n) is 8.74. The van der Waals surface area contributed by atoms with Crippen LogP contribution in [0, 0.1) is 11.8 Å². The molecule has 1 saturated carbocycles. The van der Waals surface area contributed by atoms with Crippen LogP contribution in [0.1, 0.15) is 13.3 Å². The Morgan fingerprint density at radius 3 is 2.93 bits per heavy atom. The van der Waals surface area contributed by atoms with E-state index in [-0.39, 0.29) is 0 Å². The van der Waals surface area contributed by atoms with E-state index in [1.165, 1.54) is 6.42 Å². The maximum atomic E-state index is 5.77. The van der Waals surface area contributed by atoms with Gasteiger partial charge in [0.25, 0.3) is 0 Å². The van der Waals surface area contributed by atoms with Gasteiger partial charge < -0.3 is 4.90 Å². The van der Waals surface area contributed by atoms with Crippen molar-refractivity contribution in [2.45, 2.75) is 13.3 Å². The minimum Gasteiger partial charge on any atom is -0.358 e. The molecule has 1 fully saturated rings. The summed E-state index contributed by atoms with van der Waals surface area (Å²) in [6.07, 6.45) is 3.01. The zero-order chi connectivity index (χ0) is 11.0. The number of hydrogen-bond donors (Lipinski definition) is 0. The summed E-state index contributed by atoms with van der Waals surface area (Å²) in [6.45, 7) is 3.31. The van der Waals surface area contributed by atoms with E-state index >= 15 is 0 Å². The van der Waals surface area contributed by atoms with E-state index in [9.17, 15) is 0 Å². The third-order valence-corrected chi connectivity index (χ3v) is 3.58. The fourth-order valence-corrected chi connectivity index (χ4v) is 2.32. The number of halogens is 2. The second-order valence-electron chi connectivity index (χ2n) is 4.16. The lowest BCUT2D eigenvalue weighted by Crippen LogP contribution is -2.22. The monoisotopic (exact) mass is 289 g/mol. The van der Waals surface area contributed by atoms with Gasteiger partial charge in [-0.05, 0) is 45.8 Å². The molecule has 2 rings (SSSR count). The Bertz CT molecular complexity index is 372. The molecule has 2 unspecified atom stereocenters. The predicted octanol–water partition coefficient (Wildman–Crippen LogP) is 2.98. The van der Waals surface area contributed by atoms with E-state index < -0.39 is 0 Å². The van der Waals surface area contributed by atoms with E-state index in [0.29, 0.717) is 5.28 Å². The van der Waals surface area contributed by atoms with Gasteiger partial charge in [0.2, 0.25) is 5.28 Å². The van der Waals surface area contributed by atoms with Gasteiger partial charge in [-0.2, -0.15) is 4.98 Å². The van der Waals surface area contributed by atoms with Crippen molar-refractivity contribution in [1.82, 2.24) is 9.97 Å². The first kappa shape index (κ1) is 11.1. The quantitative estimate of drug-likeness (QED) is 0.801. The molecule has 82 valence electrons. The van der Waals surface area contributed by atoms with Crippen LogP contribution in [-0.2, 0) is 0 Å². The highest BCUT2D eigenvalue weighted by Gasteiger charge is 2.33. The van der Waals surface area contributed by atoms with Gasteiger partial charge in [-0.15, -0.1) is 0 Å². The van der Waals surface area contributed by atoms with Crippen LogP contribution in [0.25, 0.3) is 0 Å². The Balaban J connectivity index is 2.10. The maximum absolute atomic E-state index is 5.77. The molecular formula is C10H13BrClN3. The van der Waals surface area contributed by atoms with Crippen LogP contribution in [0.5, 0.6) is 0 Å². The molecule has 3 nitrogen and oxygen atoms in total. The highest BCUT2D eigenvalue weighted by atomic mass is 79.9. The number of anilines is 1. The van der Waals surface area contributed by atoms with Crippen molar-refractivity contribution in [2.75, 3.05) is 18.5 Å². The molecule has 1 aliphatic carbocycles. The summed E-state index contributed by atoms with van der Waals surface area (Å²) in [7, 11) is 2.04. The second kappa shape index (κ2) is 4.26. The maximum Gasteiger partial charge on any atom is 0.224 e. The molecule has 5 heteroatoms. The van der Waals surface area contributed by atoms with Crippen molar-refractivity contribution in [3.63, 3.8) is 0 Å². The van der Waals surface area contributed by atoms with Crippen molar-refractivity contribution < 1.29 is 0 Å². The Hall–Kier alpha value is -0.350. The van der Waals surface area contributed by atoms with Crippen LogP contribution in [0.2, 0.25) is 5.28 Å². The van der Waals surface area contributed by atoms with E-state index in [0.717, 1.165) is 28.7 Å². The molecule has 0 aliphatic heterocycles. The van der Waals surface area contributed by atoms with Gasteiger partial charge in [-0.25, -0.2) is 4.98 Å². The Labute approximate surface area is 103 Å². The largest absolute Gasteiger partial charge is 0.358 e. The average molecular weight is 291 g/mol. The van der Waals surface area contributed by atoms with Crippen LogP contribution in [0.15, 0.2) is 10.7 Å². The van der Waals surface area contributed by atoms with Gasteiger partial charge in [0.1, 0.15) is 5.82 Å². The predicted molar refractivity (Wildman–Crippen MR) is 65.3 cm³/mol. The molecule has 0 aromatic carbocycles. The van der Waals surface area contributed by atoms with Crippen molar-refractivity contribution in [1.29, 1.82) is 0 Å². The lowest BCUT2D eigenvalue weighted by atomic mass is 10.3. The SMILES string of the molecule is CC1CC1CN(C)c1nc(Cl)ncc1Br. The molecule has 0 radical (unpaired) electrons. The van der Waals surface area contributed by atoms with E-state index in [1.807, 2.05) is 7.05 Å². The Morgan fingerprint density at radius 1 is 1.67 bits per heavy atom. The highest BCUT2D eigenvalue weighted by molar-refractivity contribution is 9.10. The molecule has 0 saturated heterocycles. The Morgan fingerprint density at radius 2 is 2.33 bits per heavy atom. The third kappa shape index (κ3) is 2.61. The molecule has 0 amide bonds. The summed E-state index contributed by atoms with van der Waals surface area (Å²) in [6, 6.07) is 0. The van der Waals surface area contributed by atoms with Crippen LogP contribution in [0.3, 0.4) is 0 Å². The summed E-state index contributed by atoms with van der Waals surface area (Å²) >= 11 is 9.20. The highest BCUT2D eigenvalue weighted by Crippen LogP contribution is 2.39. The molecule has 1 aliphatic rings. The average Bonchev–Trinajstić information content (AvgIpc) is 2.86. The van der Waals surface area contributed by atoms with Crippen LogP contribution in [-0.4, -0.2) is 23.6 Å². The Kier molecular flexibility index (Phi) is 3.16. The molecule has 1 heterocycles. The van der Waals surface area contributed by atoms with E-state index in [4.69, 9.17) is 11.6 Å². The standard InChI is InChI=1S/C10H13BrClN3/c1-6-3-7(6)5-15(2)9-8(11)4-13-10(12)14-9/h4,6-7H,3,5H2,1-2H3. The summed E-state index contributed by atoms with van der Waals surface area (Å²) in [4.78, 5) is 10.3. The second-order valence-corrected chi connectivity index (χ2v) is 5.36. The fourth-order valence-electron chi connectivity index (χ4n) is 1.70. The normalized spacial score (nSPS) is 24.0. The van der Waals surface area contributed by atoms with E-state index in [2.05, 4.69) is 37.7 Å². The van der Waals surface area contributed by atoms with Crippen LogP contribution >= 0.6 is 27.5 Å². The van der Waals surface area contributed by atoms with Gasteiger partial charge in [0.15, 0.2) is 0 Å². The number of nitrogens with zero attached hydrogens (tertiary/aromatic N) is 3. The van der Waals surface area contributed by atoms with Gasteiger partial charge in [0.05, 0.1) is 4.47 Å². The van der Waals surface area contributed by atoms with Crippen molar-refractivity contribution >= 4 is 33.3 Å². The van der Waals surface area contributed by atoms with Crippen LogP contribution < -0.4 is 4.90 Å². The number of rotatable bonds is 3. The molecule has 1 aromatic rings. The third-order valence-electron chi connectivity index (χ3n) is 2.84. The molecule has 1 aromatic heterocycles. The number of hydrogen-bond acceptors (Lipinski definition) is 3. The molecule has 0 N–H and O–H groups in total. The van der Waals surface area contributed by atoms with Gasteiger partial charge >= 0.3 is 0 Å². The lowest BCUT2D eigenvalue weighted by molar-refractivity contribution is 0.717. The topological polar surface area (TPSA) is 29.0 Å². The van der Waals surface area contributed by atoms with Crippen molar-refractivity contribution in [3.8, 4) is 0 Å². The lowest BCUT2D eigenvalue weighted by Gasteiger charge is -2.19. The van der Waals surface area contributed by atoms with Gasteiger partial charge in [-0.1, -0.05) is 6.92 Å². The molecule has 15 heavy (non-hydrogen) atoms. The minimum absolute atomic E-state index is 0.295. The molecule has 0 spiro atoms. The number of aromatic nitrogens is 2.